The monoisotopic (exact) mass is 241 g/mol. The van der Waals surface area contributed by atoms with Crippen LogP contribution in [-0.2, 0) is 11.3 Å². The zero-order valence-electron chi connectivity index (χ0n) is 8.91. The molecule has 6 heteroatoms. The van der Waals surface area contributed by atoms with Gasteiger partial charge in [0.15, 0.2) is 0 Å². The summed E-state index contributed by atoms with van der Waals surface area (Å²) in [6.07, 6.45) is -2.79. The Morgan fingerprint density at radius 1 is 1.59 bits per heavy atom. The van der Waals surface area contributed by atoms with Gasteiger partial charge in [0.2, 0.25) is 0 Å². The van der Waals surface area contributed by atoms with Crippen LogP contribution in [0.25, 0.3) is 0 Å². The third-order valence-corrected chi connectivity index (χ3v) is 2.18. The molecule has 0 aliphatic carbocycles. The van der Waals surface area contributed by atoms with Gasteiger partial charge in [0.1, 0.15) is 6.07 Å². The van der Waals surface area contributed by atoms with E-state index < -0.39 is 24.6 Å². The number of hydrogen-bond donors (Lipinski definition) is 1. The Labute approximate surface area is 96.0 Å². The molecule has 4 nitrogen and oxygen atoms in total. The second-order valence-corrected chi connectivity index (χ2v) is 3.16. The van der Waals surface area contributed by atoms with E-state index >= 15 is 0 Å². The average Bonchev–Trinajstić information content (AvgIpc) is 2.35. The maximum absolute atomic E-state index is 12.5. The fraction of sp³-hybridized carbons (Fsp3) is 0.273. The van der Waals surface area contributed by atoms with E-state index in [1.54, 1.807) is 6.07 Å². The van der Waals surface area contributed by atoms with Crippen molar-refractivity contribution in [1.29, 1.82) is 5.26 Å². The lowest BCUT2D eigenvalue weighted by atomic mass is 9.98. The minimum absolute atomic E-state index is 0.0225. The summed E-state index contributed by atoms with van der Waals surface area (Å²) in [5, 5.41) is 17.8. The normalized spacial score (nSPS) is 10.1. The largest absolute Gasteiger partial charge is 0.465 e. The molecule has 0 atom stereocenters. The molecule has 0 bridgehead atoms. The SMILES string of the molecule is COC(=O)c1cc(C(F)F)cc(CO)c1C#N. The van der Waals surface area contributed by atoms with E-state index in [1.807, 2.05) is 0 Å². The molecule has 0 aliphatic heterocycles. The fourth-order valence-electron chi connectivity index (χ4n) is 1.38. The van der Waals surface area contributed by atoms with Gasteiger partial charge in [-0.05, 0) is 17.7 Å². The molecule has 1 aromatic rings. The number of aliphatic hydroxyl groups excluding tert-OH is 1. The molecule has 0 heterocycles. The molecule has 0 spiro atoms. The lowest BCUT2D eigenvalue weighted by Crippen LogP contribution is -2.08. The summed E-state index contributed by atoms with van der Waals surface area (Å²) in [7, 11) is 1.08. The Kier molecular flexibility index (Phi) is 4.12. The lowest BCUT2D eigenvalue weighted by Gasteiger charge is -2.09. The van der Waals surface area contributed by atoms with E-state index in [2.05, 4.69) is 4.74 Å². The van der Waals surface area contributed by atoms with Crippen molar-refractivity contribution in [2.24, 2.45) is 0 Å². The van der Waals surface area contributed by atoms with Crippen LogP contribution >= 0.6 is 0 Å². The van der Waals surface area contributed by atoms with Crippen molar-refractivity contribution in [2.45, 2.75) is 13.0 Å². The number of carbonyl (C=O) groups excluding carboxylic acids is 1. The van der Waals surface area contributed by atoms with Gasteiger partial charge in [-0.15, -0.1) is 0 Å². The van der Waals surface area contributed by atoms with Gasteiger partial charge in [-0.2, -0.15) is 5.26 Å². The highest BCUT2D eigenvalue weighted by atomic mass is 19.3. The molecule has 0 amide bonds. The minimum Gasteiger partial charge on any atom is -0.465 e. The number of esters is 1. The summed E-state index contributed by atoms with van der Waals surface area (Å²) >= 11 is 0. The molecule has 0 saturated heterocycles. The third-order valence-electron chi connectivity index (χ3n) is 2.18. The molecule has 1 N–H and O–H groups in total. The summed E-state index contributed by atoms with van der Waals surface area (Å²) in [6.45, 7) is -0.604. The second-order valence-electron chi connectivity index (χ2n) is 3.16. The van der Waals surface area contributed by atoms with Gasteiger partial charge in [0.25, 0.3) is 6.43 Å². The number of ether oxygens (including phenoxy) is 1. The lowest BCUT2D eigenvalue weighted by molar-refractivity contribution is 0.0599. The topological polar surface area (TPSA) is 70.3 Å². The van der Waals surface area contributed by atoms with Gasteiger partial charge >= 0.3 is 5.97 Å². The maximum atomic E-state index is 12.5. The first-order valence-corrected chi connectivity index (χ1v) is 4.59. The van der Waals surface area contributed by atoms with Gasteiger partial charge in [0, 0.05) is 5.56 Å². The van der Waals surface area contributed by atoms with Crippen LogP contribution in [0.2, 0.25) is 0 Å². The van der Waals surface area contributed by atoms with Crippen LogP contribution in [0.15, 0.2) is 12.1 Å². The highest BCUT2D eigenvalue weighted by Crippen LogP contribution is 2.25. The number of nitriles is 1. The van der Waals surface area contributed by atoms with Crippen molar-refractivity contribution < 1.29 is 23.4 Å². The molecule has 1 aromatic carbocycles. The van der Waals surface area contributed by atoms with Crippen LogP contribution in [0.1, 0.15) is 33.5 Å². The van der Waals surface area contributed by atoms with Crippen LogP contribution in [0.3, 0.4) is 0 Å². The predicted octanol–water partition coefficient (Wildman–Crippen LogP) is 1.77. The van der Waals surface area contributed by atoms with Crippen molar-refractivity contribution in [3.05, 3.63) is 34.4 Å². The molecule has 0 aliphatic rings. The third kappa shape index (κ3) is 2.57. The number of alkyl halides is 2. The maximum Gasteiger partial charge on any atom is 0.339 e. The number of methoxy groups -OCH3 is 1. The molecule has 0 unspecified atom stereocenters. The summed E-state index contributed by atoms with van der Waals surface area (Å²) < 4.78 is 29.5. The standard InChI is InChI=1S/C11H9F2NO3/c1-17-11(16)8-3-6(10(12)13)2-7(5-15)9(8)4-14/h2-3,10,15H,5H2,1H3. The molecule has 90 valence electrons. The van der Waals surface area contributed by atoms with Crippen LogP contribution in [0, 0.1) is 11.3 Å². The average molecular weight is 241 g/mol. The first-order chi connectivity index (χ1) is 8.04. The fourth-order valence-corrected chi connectivity index (χ4v) is 1.38. The summed E-state index contributed by atoms with van der Waals surface area (Å²) in [6, 6.07) is 3.58. The second kappa shape index (κ2) is 5.37. The number of aliphatic hydroxyl groups is 1. The van der Waals surface area contributed by atoms with Gasteiger partial charge < -0.3 is 9.84 Å². The number of nitrogens with zero attached hydrogens (tertiary/aromatic N) is 1. The van der Waals surface area contributed by atoms with Crippen molar-refractivity contribution in [2.75, 3.05) is 7.11 Å². The number of carbonyl (C=O) groups is 1. The van der Waals surface area contributed by atoms with Crippen LogP contribution in [0.5, 0.6) is 0 Å². The van der Waals surface area contributed by atoms with Crippen LogP contribution in [0.4, 0.5) is 8.78 Å². The van der Waals surface area contributed by atoms with E-state index in [1.165, 1.54) is 0 Å². The van der Waals surface area contributed by atoms with Gasteiger partial charge in [-0.1, -0.05) is 0 Å². The summed E-state index contributed by atoms with van der Waals surface area (Å²) in [5.74, 6) is -0.890. The minimum atomic E-state index is -2.79. The van der Waals surface area contributed by atoms with E-state index in [-0.39, 0.29) is 16.7 Å². The zero-order chi connectivity index (χ0) is 13.0. The zero-order valence-corrected chi connectivity index (χ0v) is 8.91. The van der Waals surface area contributed by atoms with Crippen molar-refractivity contribution in [3.8, 4) is 6.07 Å². The van der Waals surface area contributed by atoms with Crippen molar-refractivity contribution in [1.82, 2.24) is 0 Å². The van der Waals surface area contributed by atoms with E-state index in [4.69, 9.17) is 10.4 Å². The number of halogens is 2. The van der Waals surface area contributed by atoms with E-state index in [9.17, 15) is 13.6 Å². The first kappa shape index (κ1) is 13.1. The highest BCUT2D eigenvalue weighted by Gasteiger charge is 2.20. The Hall–Kier alpha value is -2.00. The van der Waals surface area contributed by atoms with Crippen molar-refractivity contribution >= 4 is 5.97 Å². The molecule has 1 rings (SSSR count). The Bertz CT molecular complexity index is 480. The number of rotatable bonds is 3. The van der Waals surface area contributed by atoms with Crippen molar-refractivity contribution in [3.63, 3.8) is 0 Å². The van der Waals surface area contributed by atoms with Crippen LogP contribution < -0.4 is 0 Å². The predicted molar refractivity (Wildman–Crippen MR) is 53.4 cm³/mol. The molecular weight excluding hydrogens is 232 g/mol. The number of benzene rings is 1. The summed E-state index contributed by atoms with van der Waals surface area (Å²) in [4.78, 5) is 11.3. The Morgan fingerprint density at radius 3 is 2.65 bits per heavy atom. The van der Waals surface area contributed by atoms with Gasteiger partial charge in [-0.25, -0.2) is 13.6 Å². The molecular formula is C11H9F2NO3. The van der Waals surface area contributed by atoms with E-state index in [0.717, 1.165) is 19.2 Å². The Morgan fingerprint density at radius 2 is 2.24 bits per heavy atom. The molecule has 0 radical (unpaired) electrons. The highest BCUT2D eigenvalue weighted by molar-refractivity contribution is 5.92. The molecule has 0 fully saturated rings. The smallest absolute Gasteiger partial charge is 0.339 e. The van der Waals surface area contributed by atoms with E-state index in [0.29, 0.717) is 0 Å². The first-order valence-electron chi connectivity index (χ1n) is 4.59. The van der Waals surface area contributed by atoms with Gasteiger partial charge in [-0.3, -0.25) is 0 Å². The Balaban J connectivity index is 3.49. The summed E-state index contributed by atoms with van der Waals surface area (Å²) in [5.41, 5.74) is -0.875. The van der Waals surface area contributed by atoms with Gasteiger partial charge in [0.05, 0.1) is 24.8 Å². The quantitative estimate of drug-likeness (QED) is 0.819. The van der Waals surface area contributed by atoms with Crippen LogP contribution in [-0.4, -0.2) is 18.2 Å². The molecule has 0 saturated carbocycles. The number of hydrogen-bond acceptors (Lipinski definition) is 4. The molecule has 17 heavy (non-hydrogen) atoms. The molecule has 0 aromatic heterocycles.